The topological polar surface area (TPSA) is 75.2 Å². The van der Waals surface area contributed by atoms with E-state index in [2.05, 4.69) is 26.8 Å². The molecule has 0 saturated heterocycles. The Bertz CT molecular complexity index is 1180. The van der Waals surface area contributed by atoms with Gasteiger partial charge in [-0.1, -0.05) is 31.0 Å². The Hall–Kier alpha value is -3.54. The molecule has 0 amide bonds. The number of hydrogen-bond donors (Lipinski definition) is 1. The molecule has 0 atom stereocenters. The third-order valence-corrected chi connectivity index (χ3v) is 5.82. The van der Waals surface area contributed by atoms with E-state index in [1.165, 1.54) is 12.8 Å². The maximum atomic E-state index is 6.32. The molecule has 1 saturated carbocycles. The zero-order chi connectivity index (χ0) is 20.5. The van der Waals surface area contributed by atoms with Gasteiger partial charge in [0.2, 0.25) is 0 Å². The highest BCUT2D eigenvalue weighted by molar-refractivity contribution is 6.01. The van der Waals surface area contributed by atoms with Crippen LogP contribution >= 0.6 is 0 Å². The number of benzene rings is 2. The normalized spacial score (nSPS) is 14.3. The molecule has 0 bridgehead atoms. The summed E-state index contributed by atoms with van der Waals surface area (Å²) in [7, 11) is 1.65. The summed E-state index contributed by atoms with van der Waals surface area (Å²) in [4.78, 5) is 8.85. The van der Waals surface area contributed by atoms with Crippen molar-refractivity contribution in [3.63, 3.8) is 0 Å². The fraction of sp³-hybridized carbons (Fsp3) is 0.250. The van der Waals surface area contributed by atoms with Gasteiger partial charge in [0, 0.05) is 23.4 Å². The van der Waals surface area contributed by atoms with Crippen molar-refractivity contribution < 1.29 is 9.47 Å². The number of fused-ring (bicyclic) bond motifs is 1. The number of nitrogens with two attached hydrogens (primary N) is 1. The lowest BCUT2D eigenvalue weighted by molar-refractivity contribution is 0.413. The zero-order valence-electron chi connectivity index (χ0n) is 16.9. The molecule has 30 heavy (non-hydrogen) atoms. The minimum atomic E-state index is 0.449. The molecule has 5 rings (SSSR count). The van der Waals surface area contributed by atoms with Crippen LogP contribution in [-0.4, -0.2) is 21.6 Å². The predicted molar refractivity (Wildman–Crippen MR) is 118 cm³/mol. The fourth-order valence-electron chi connectivity index (χ4n) is 4.32. The van der Waals surface area contributed by atoms with Crippen LogP contribution in [0.25, 0.3) is 22.2 Å². The molecule has 0 aliphatic heterocycles. The van der Waals surface area contributed by atoms with Crippen LogP contribution in [-0.2, 0) is 0 Å². The number of aromatic nitrogens is 3. The summed E-state index contributed by atoms with van der Waals surface area (Å²) in [5.74, 6) is 2.79. The summed E-state index contributed by atoms with van der Waals surface area (Å²) < 4.78 is 13.8. The molecule has 6 heteroatoms. The standard InChI is InChI=1S/C24H24N4O2/c1-29-17-10-12-18(13-11-17)30-21-9-5-4-8-19(21)20-14-28(16-6-2-3-7-16)24-22(20)23(25)26-15-27-24/h4-5,8-16H,2-3,6-7H2,1H3,(H2,25,26,27). The van der Waals surface area contributed by atoms with Crippen LogP contribution in [0.5, 0.6) is 17.2 Å². The highest BCUT2D eigenvalue weighted by atomic mass is 16.5. The van der Waals surface area contributed by atoms with Crippen LogP contribution in [0.1, 0.15) is 31.7 Å². The maximum absolute atomic E-state index is 6.32. The average molecular weight is 400 g/mol. The summed E-state index contributed by atoms with van der Waals surface area (Å²) in [5, 5.41) is 0.884. The van der Waals surface area contributed by atoms with Crippen LogP contribution < -0.4 is 15.2 Å². The number of para-hydroxylation sites is 1. The summed E-state index contributed by atoms with van der Waals surface area (Å²) >= 11 is 0. The molecule has 2 N–H and O–H groups in total. The second-order valence-corrected chi connectivity index (χ2v) is 7.62. The van der Waals surface area contributed by atoms with Crippen molar-refractivity contribution in [2.45, 2.75) is 31.7 Å². The largest absolute Gasteiger partial charge is 0.497 e. The monoisotopic (exact) mass is 400 g/mol. The fourth-order valence-corrected chi connectivity index (χ4v) is 4.32. The summed E-state index contributed by atoms with van der Waals surface area (Å²) in [6, 6.07) is 16.0. The lowest BCUT2D eigenvalue weighted by Crippen LogP contribution is -2.04. The molecule has 1 aliphatic rings. The first kappa shape index (κ1) is 18.5. The number of methoxy groups -OCH3 is 1. The van der Waals surface area contributed by atoms with Crippen LogP contribution in [0.2, 0.25) is 0 Å². The molecule has 2 heterocycles. The first-order chi connectivity index (χ1) is 14.7. The van der Waals surface area contributed by atoms with Crippen LogP contribution in [0.4, 0.5) is 5.82 Å². The molecule has 1 fully saturated rings. The van der Waals surface area contributed by atoms with E-state index in [-0.39, 0.29) is 0 Å². The quantitative estimate of drug-likeness (QED) is 0.472. The molecule has 1 aliphatic carbocycles. The van der Waals surface area contributed by atoms with Gasteiger partial charge >= 0.3 is 0 Å². The van der Waals surface area contributed by atoms with Gasteiger partial charge in [-0.3, -0.25) is 0 Å². The molecule has 152 valence electrons. The number of anilines is 1. The van der Waals surface area contributed by atoms with Gasteiger partial charge in [-0.25, -0.2) is 9.97 Å². The van der Waals surface area contributed by atoms with E-state index in [9.17, 15) is 0 Å². The minimum Gasteiger partial charge on any atom is -0.497 e. The summed E-state index contributed by atoms with van der Waals surface area (Å²) in [5.41, 5.74) is 9.18. The Morgan fingerprint density at radius 3 is 2.43 bits per heavy atom. The van der Waals surface area contributed by atoms with Crippen molar-refractivity contribution in [2.24, 2.45) is 0 Å². The van der Waals surface area contributed by atoms with E-state index in [1.54, 1.807) is 13.4 Å². The number of nitrogens with zero attached hydrogens (tertiary/aromatic N) is 3. The number of rotatable bonds is 5. The Morgan fingerprint density at radius 1 is 0.933 bits per heavy atom. The number of hydrogen-bond acceptors (Lipinski definition) is 5. The van der Waals surface area contributed by atoms with E-state index in [4.69, 9.17) is 15.2 Å². The lowest BCUT2D eigenvalue weighted by Gasteiger charge is -2.12. The molecule has 4 aromatic rings. The Kier molecular flexibility index (Phi) is 4.75. The van der Waals surface area contributed by atoms with Crippen molar-refractivity contribution in [1.29, 1.82) is 0 Å². The average Bonchev–Trinajstić information content (AvgIpc) is 3.43. The van der Waals surface area contributed by atoms with Gasteiger partial charge in [-0.05, 0) is 43.2 Å². The highest BCUT2D eigenvalue weighted by Gasteiger charge is 2.24. The second-order valence-electron chi connectivity index (χ2n) is 7.62. The first-order valence-corrected chi connectivity index (χ1v) is 10.3. The molecule has 2 aromatic carbocycles. The molecule has 0 radical (unpaired) electrons. The van der Waals surface area contributed by atoms with Crippen LogP contribution in [0, 0.1) is 0 Å². The Balaban J connectivity index is 1.62. The van der Waals surface area contributed by atoms with Gasteiger partial charge in [0.05, 0.1) is 12.5 Å². The van der Waals surface area contributed by atoms with Gasteiger partial charge in [-0.2, -0.15) is 0 Å². The van der Waals surface area contributed by atoms with Gasteiger partial charge in [0.1, 0.15) is 35.0 Å². The van der Waals surface area contributed by atoms with Crippen molar-refractivity contribution in [3.8, 4) is 28.4 Å². The number of ether oxygens (including phenoxy) is 2. The third-order valence-electron chi connectivity index (χ3n) is 5.82. The zero-order valence-corrected chi connectivity index (χ0v) is 16.9. The molecule has 0 unspecified atom stereocenters. The first-order valence-electron chi connectivity index (χ1n) is 10.3. The molecular formula is C24H24N4O2. The molecule has 6 nitrogen and oxygen atoms in total. The molecule has 0 spiro atoms. The number of nitrogen functional groups attached to an aromatic ring is 1. The van der Waals surface area contributed by atoms with E-state index < -0.39 is 0 Å². The summed E-state index contributed by atoms with van der Waals surface area (Å²) in [6.45, 7) is 0. The maximum Gasteiger partial charge on any atom is 0.146 e. The second kappa shape index (κ2) is 7.71. The lowest BCUT2D eigenvalue weighted by atomic mass is 10.0. The molecule has 2 aromatic heterocycles. The smallest absolute Gasteiger partial charge is 0.146 e. The van der Waals surface area contributed by atoms with E-state index in [0.717, 1.165) is 52.3 Å². The van der Waals surface area contributed by atoms with Crippen molar-refractivity contribution in [1.82, 2.24) is 14.5 Å². The van der Waals surface area contributed by atoms with Gasteiger partial charge in [0.15, 0.2) is 0 Å². The van der Waals surface area contributed by atoms with Crippen LogP contribution in [0.15, 0.2) is 61.1 Å². The van der Waals surface area contributed by atoms with Gasteiger partial charge in [0.25, 0.3) is 0 Å². The predicted octanol–water partition coefficient (Wildman–Crippen LogP) is 5.60. The van der Waals surface area contributed by atoms with Crippen molar-refractivity contribution >= 4 is 16.9 Å². The highest BCUT2D eigenvalue weighted by Crippen LogP contribution is 2.42. The molecular weight excluding hydrogens is 376 g/mol. The van der Waals surface area contributed by atoms with Gasteiger partial charge < -0.3 is 19.8 Å². The summed E-state index contributed by atoms with van der Waals surface area (Å²) in [6.07, 6.45) is 8.54. The van der Waals surface area contributed by atoms with Crippen molar-refractivity contribution in [2.75, 3.05) is 12.8 Å². The van der Waals surface area contributed by atoms with E-state index in [1.807, 2.05) is 42.5 Å². The van der Waals surface area contributed by atoms with Crippen LogP contribution in [0.3, 0.4) is 0 Å². The van der Waals surface area contributed by atoms with Gasteiger partial charge in [-0.15, -0.1) is 0 Å². The Labute approximate surface area is 175 Å². The van der Waals surface area contributed by atoms with Crippen molar-refractivity contribution in [3.05, 3.63) is 61.1 Å². The van der Waals surface area contributed by atoms with E-state index in [0.29, 0.717) is 11.9 Å². The SMILES string of the molecule is COc1ccc(Oc2ccccc2-c2cn(C3CCCC3)c3ncnc(N)c23)cc1. The third kappa shape index (κ3) is 3.24. The minimum absolute atomic E-state index is 0.449. The van der Waals surface area contributed by atoms with E-state index >= 15 is 0 Å². The Morgan fingerprint density at radius 2 is 1.67 bits per heavy atom.